The van der Waals surface area contributed by atoms with Crippen LogP contribution >= 0.6 is 23.8 Å². The van der Waals surface area contributed by atoms with Gasteiger partial charge in [0.15, 0.2) is 4.77 Å². The molecule has 1 N–H and O–H groups in total. The number of imidazole rings is 1. The van der Waals surface area contributed by atoms with Gasteiger partial charge in [-0.15, -0.1) is 0 Å². The quantitative estimate of drug-likeness (QED) is 0.669. The number of aromatic nitrogens is 2. The highest BCUT2D eigenvalue weighted by molar-refractivity contribution is 7.71. The predicted octanol–water partition coefficient (Wildman–Crippen LogP) is 4.82. The van der Waals surface area contributed by atoms with E-state index in [0.29, 0.717) is 11.0 Å². The lowest BCUT2D eigenvalue weighted by Crippen LogP contribution is -2.03. The largest absolute Gasteiger partial charge is 0.331 e. The zero-order chi connectivity index (χ0) is 15.1. The summed E-state index contributed by atoms with van der Waals surface area (Å²) >= 11 is 10.8. The van der Waals surface area contributed by atoms with Crippen molar-refractivity contribution in [2.24, 2.45) is 0 Å². The Kier molecular flexibility index (Phi) is 3.51. The van der Waals surface area contributed by atoms with Gasteiger partial charge in [-0.3, -0.25) is 0 Å². The second-order valence-corrected chi connectivity index (χ2v) is 5.33. The first-order valence-corrected chi connectivity index (χ1v) is 6.76. The summed E-state index contributed by atoms with van der Waals surface area (Å²) in [7, 11) is 0. The first kappa shape index (κ1) is 14.2. The molecule has 0 aliphatic heterocycles. The highest BCUT2D eigenvalue weighted by atomic mass is 35.5. The van der Waals surface area contributed by atoms with Crippen molar-refractivity contribution in [3.8, 4) is 0 Å². The Morgan fingerprint density at radius 3 is 2.62 bits per heavy atom. The minimum Gasteiger partial charge on any atom is -0.331 e. The van der Waals surface area contributed by atoms with E-state index in [-0.39, 0.29) is 21.9 Å². The van der Waals surface area contributed by atoms with Crippen LogP contribution in [0, 0.1) is 22.2 Å². The molecule has 0 aliphatic carbocycles. The van der Waals surface area contributed by atoms with Crippen LogP contribution in [0.25, 0.3) is 11.0 Å². The molecule has 1 aromatic heterocycles. The van der Waals surface area contributed by atoms with Gasteiger partial charge in [-0.2, -0.15) is 0 Å². The molecular formula is C14H8ClF3N2S. The third-order valence-corrected chi connectivity index (χ3v) is 3.76. The van der Waals surface area contributed by atoms with E-state index in [9.17, 15) is 13.2 Å². The van der Waals surface area contributed by atoms with Gasteiger partial charge in [0.05, 0.1) is 22.6 Å². The molecule has 108 valence electrons. The summed E-state index contributed by atoms with van der Waals surface area (Å²) in [6.45, 7) is -0.0104. The first-order chi connectivity index (χ1) is 9.95. The first-order valence-electron chi connectivity index (χ1n) is 5.97. The van der Waals surface area contributed by atoms with E-state index in [0.717, 1.165) is 18.2 Å². The van der Waals surface area contributed by atoms with Crippen molar-refractivity contribution in [3.05, 3.63) is 63.1 Å². The lowest BCUT2D eigenvalue weighted by Gasteiger charge is -2.07. The molecule has 0 spiro atoms. The molecule has 3 rings (SSSR count). The molecule has 0 atom stereocenters. The molecule has 0 saturated heterocycles. The molecule has 2 aromatic carbocycles. The minimum absolute atomic E-state index is 0.0104. The highest BCUT2D eigenvalue weighted by Gasteiger charge is 2.12. The van der Waals surface area contributed by atoms with Crippen molar-refractivity contribution in [2.45, 2.75) is 6.54 Å². The standard InChI is InChI=1S/C14H8ClF3N2S/c15-9-4-12-13(5-11(9)18)20(14(21)19-12)6-7-3-8(16)1-2-10(7)17/h1-5H,6H2,(H,19,21). The van der Waals surface area contributed by atoms with Crippen molar-refractivity contribution in [1.29, 1.82) is 0 Å². The minimum atomic E-state index is -0.605. The lowest BCUT2D eigenvalue weighted by atomic mass is 10.2. The van der Waals surface area contributed by atoms with Crippen molar-refractivity contribution < 1.29 is 13.2 Å². The van der Waals surface area contributed by atoms with Gasteiger partial charge in [-0.05, 0) is 36.5 Å². The van der Waals surface area contributed by atoms with Crippen molar-refractivity contribution in [2.75, 3.05) is 0 Å². The van der Waals surface area contributed by atoms with Crippen LogP contribution in [0.1, 0.15) is 5.56 Å². The molecule has 3 aromatic rings. The van der Waals surface area contributed by atoms with Crippen LogP contribution in [-0.4, -0.2) is 9.55 Å². The molecule has 7 heteroatoms. The summed E-state index contributed by atoms with van der Waals surface area (Å²) in [6.07, 6.45) is 0. The molecule has 0 saturated carbocycles. The number of fused-ring (bicyclic) bond motifs is 1. The fourth-order valence-corrected chi connectivity index (χ4v) is 2.58. The summed E-state index contributed by atoms with van der Waals surface area (Å²) in [4.78, 5) is 2.86. The monoisotopic (exact) mass is 328 g/mol. The third kappa shape index (κ3) is 2.56. The number of halogens is 4. The Bertz CT molecular complexity index is 901. The van der Waals surface area contributed by atoms with Crippen LogP contribution in [0.3, 0.4) is 0 Å². The highest BCUT2D eigenvalue weighted by Crippen LogP contribution is 2.24. The number of hydrogen-bond donors (Lipinski definition) is 1. The number of hydrogen-bond acceptors (Lipinski definition) is 1. The average molecular weight is 329 g/mol. The van der Waals surface area contributed by atoms with E-state index in [1.54, 1.807) is 0 Å². The molecule has 0 unspecified atom stereocenters. The Hall–Kier alpha value is -1.79. The lowest BCUT2D eigenvalue weighted by molar-refractivity contribution is 0.577. The number of benzene rings is 2. The SMILES string of the molecule is Fc1ccc(F)c(Cn2c(=S)[nH]c3cc(Cl)c(F)cc32)c1. The fraction of sp³-hybridized carbons (Fsp3) is 0.0714. The van der Waals surface area contributed by atoms with Gasteiger partial charge < -0.3 is 9.55 Å². The second-order valence-electron chi connectivity index (χ2n) is 4.54. The summed E-state index contributed by atoms with van der Waals surface area (Å²) < 4.78 is 42.3. The molecule has 0 bridgehead atoms. The predicted molar refractivity (Wildman–Crippen MR) is 77.6 cm³/mol. The number of H-pyrrole nitrogens is 1. The van der Waals surface area contributed by atoms with Gasteiger partial charge in [0.1, 0.15) is 17.5 Å². The second kappa shape index (κ2) is 5.20. The van der Waals surface area contributed by atoms with E-state index < -0.39 is 17.5 Å². The number of nitrogens with one attached hydrogen (secondary N) is 1. The molecule has 21 heavy (non-hydrogen) atoms. The maximum Gasteiger partial charge on any atom is 0.178 e. The topological polar surface area (TPSA) is 20.7 Å². The molecule has 0 amide bonds. The average Bonchev–Trinajstić information content (AvgIpc) is 2.71. The van der Waals surface area contributed by atoms with Crippen LogP contribution in [0.2, 0.25) is 5.02 Å². The number of aromatic amines is 1. The normalized spacial score (nSPS) is 11.2. The van der Waals surface area contributed by atoms with Gasteiger partial charge in [-0.25, -0.2) is 13.2 Å². The Labute approximate surface area is 127 Å². The van der Waals surface area contributed by atoms with Gasteiger partial charge >= 0.3 is 0 Å². The molecule has 0 aliphatic rings. The van der Waals surface area contributed by atoms with Crippen molar-refractivity contribution >= 4 is 34.9 Å². The van der Waals surface area contributed by atoms with E-state index in [1.807, 2.05) is 0 Å². The van der Waals surface area contributed by atoms with Crippen LogP contribution in [0.15, 0.2) is 30.3 Å². The van der Waals surface area contributed by atoms with Gasteiger partial charge in [0.25, 0.3) is 0 Å². The van der Waals surface area contributed by atoms with Crippen LogP contribution in [0.4, 0.5) is 13.2 Å². The summed E-state index contributed by atoms with van der Waals surface area (Å²) in [5.74, 6) is -1.71. The molecular weight excluding hydrogens is 321 g/mol. The third-order valence-electron chi connectivity index (χ3n) is 3.15. The summed E-state index contributed by atoms with van der Waals surface area (Å²) in [5, 5.41) is -0.0390. The van der Waals surface area contributed by atoms with Crippen molar-refractivity contribution in [1.82, 2.24) is 9.55 Å². The van der Waals surface area contributed by atoms with Gasteiger partial charge in [-0.1, -0.05) is 11.6 Å². The van der Waals surface area contributed by atoms with Crippen LogP contribution in [0.5, 0.6) is 0 Å². The molecule has 0 fully saturated rings. The fourth-order valence-electron chi connectivity index (χ4n) is 2.14. The van der Waals surface area contributed by atoms with E-state index >= 15 is 0 Å². The molecule has 1 heterocycles. The zero-order valence-electron chi connectivity index (χ0n) is 10.5. The zero-order valence-corrected chi connectivity index (χ0v) is 12.0. The maximum atomic E-state index is 13.7. The molecule has 2 nitrogen and oxygen atoms in total. The van der Waals surface area contributed by atoms with Crippen LogP contribution in [-0.2, 0) is 6.54 Å². The summed E-state index contributed by atoms with van der Waals surface area (Å²) in [5.41, 5.74) is 1.09. The Morgan fingerprint density at radius 1 is 1.10 bits per heavy atom. The van der Waals surface area contributed by atoms with Crippen LogP contribution < -0.4 is 0 Å². The van der Waals surface area contributed by atoms with Gasteiger partial charge in [0, 0.05) is 11.6 Å². The van der Waals surface area contributed by atoms with E-state index in [1.165, 1.54) is 16.7 Å². The summed E-state index contributed by atoms with van der Waals surface area (Å²) in [6, 6.07) is 5.77. The Balaban J connectivity index is 2.16. The smallest absolute Gasteiger partial charge is 0.178 e. The molecule has 0 radical (unpaired) electrons. The number of rotatable bonds is 2. The van der Waals surface area contributed by atoms with E-state index in [2.05, 4.69) is 4.98 Å². The van der Waals surface area contributed by atoms with E-state index in [4.69, 9.17) is 23.8 Å². The van der Waals surface area contributed by atoms with Gasteiger partial charge in [0.2, 0.25) is 0 Å². The maximum absolute atomic E-state index is 13.7. The number of nitrogens with zero attached hydrogens (tertiary/aromatic N) is 1. The Morgan fingerprint density at radius 2 is 1.86 bits per heavy atom. The van der Waals surface area contributed by atoms with Crippen molar-refractivity contribution in [3.63, 3.8) is 0 Å².